The monoisotopic (exact) mass is 475 g/mol. The molecule has 3 aromatic rings. The van der Waals surface area contributed by atoms with Crippen LogP contribution in [0, 0.1) is 6.92 Å². The molecule has 1 N–H and O–H groups in total. The van der Waals surface area contributed by atoms with Gasteiger partial charge in [-0.3, -0.25) is 4.79 Å². The Labute approximate surface area is 204 Å². The predicted molar refractivity (Wildman–Crippen MR) is 132 cm³/mol. The van der Waals surface area contributed by atoms with Crippen molar-refractivity contribution in [3.63, 3.8) is 0 Å². The largest absolute Gasteiger partial charge is 0.492 e. The van der Waals surface area contributed by atoms with E-state index < -0.39 is 12.0 Å². The maximum Gasteiger partial charge on any atom is 0.338 e. The molecule has 1 atom stereocenters. The highest BCUT2D eigenvalue weighted by Crippen LogP contribution is 2.38. The molecular formula is C26H29N5O4. The quantitative estimate of drug-likeness (QED) is 0.494. The second-order valence-corrected chi connectivity index (χ2v) is 8.10. The Bertz CT molecular complexity index is 1250. The van der Waals surface area contributed by atoms with E-state index in [1.807, 2.05) is 50.2 Å². The number of nitrogens with one attached hydrogen (secondary N) is 1. The highest BCUT2D eigenvalue weighted by Gasteiger charge is 2.38. The average molecular weight is 476 g/mol. The van der Waals surface area contributed by atoms with Crippen LogP contribution in [0.1, 0.15) is 37.9 Å². The number of amides is 1. The van der Waals surface area contributed by atoms with Crippen LogP contribution in [0.3, 0.4) is 0 Å². The number of allylic oxidation sites excluding steroid dienone is 1. The van der Waals surface area contributed by atoms with Gasteiger partial charge in [0, 0.05) is 5.70 Å². The van der Waals surface area contributed by atoms with Crippen LogP contribution in [-0.2, 0) is 14.3 Å². The zero-order chi connectivity index (χ0) is 24.9. The van der Waals surface area contributed by atoms with E-state index in [-0.39, 0.29) is 19.1 Å². The highest BCUT2D eigenvalue weighted by molar-refractivity contribution is 5.97. The number of fused-ring (bicyclic) bond motifs is 1. The molecular weight excluding hydrogens is 446 g/mol. The summed E-state index contributed by atoms with van der Waals surface area (Å²) in [5.74, 6) is 0.310. The first-order valence-corrected chi connectivity index (χ1v) is 11.6. The van der Waals surface area contributed by atoms with Crippen LogP contribution in [-0.4, -0.2) is 46.4 Å². The van der Waals surface area contributed by atoms with Crippen molar-refractivity contribution < 1.29 is 19.1 Å². The van der Waals surface area contributed by atoms with Crippen molar-refractivity contribution in [2.45, 2.75) is 33.7 Å². The number of aryl methyl sites for hydroxylation is 1. The van der Waals surface area contributed by atoms with E-state index >= 15 is 0 Å². The lowest BCUT2D eigenvalue weighted by atomic mass is 9.94. The number of aromatic nitrogens is 3. The first kappa shape index (κ1) is 24.0. The summed E-state index contributed by atoms with van der Waals surface area (Å²) in [5.41, 5.74) is 3.55. The van der Waals surface area contributed by atoms with E-state index in [1.54, 1.807) is 35.6 Å². The van der Waals surface area contributed by atoms with Crippen molar-refractivity contribution in [3.8, 4) is 5.75 Å². The molecule has 0 fully saturated rings. The first-order valence-electron chi connectivity index (χ1n) is 11.6. The second kappa shape index (κ2) is 10.4. The van der Waals surface area contributed by atoms with Gasteiger partial charge in [0.2, 0.25) is 11.9 Å². The van der Waals surface area contributed by atoms with Crippen LogP contribution in [0.2, 0.25) is 0 Å². The van der Waals surface area contributed by atoms with E-state index in [2.05, 4.69) is 15.4 Å². The lowest BCUT2D eigenvalue weighted by Crippen LogP contribution is -2.40. The zero-order valence-electron chi connectivity index (χ0n) is 20.3. The Morgan fingerprint density at radius 1 is 1.03 bits per heavy atom. The number of hydrogen-bond acceptors (Lipinski definition) is 7. The van der Waals surface area contributed by atoms with Crippen molar-refractivity contribution in [2.24, 2.45) is 0 Å². The molecule has 0 aliphatic carbocycles. The third-order valence-corrected chi connectivity index (χ3v) is 5.76. The minimum atomic E-state index is -0.523. The van der Waals surface area contributed by atoms with Crippen LogP contribution < -0.4 is 15.0 Å². The van der Waals surface area contributed by atoms with Crippen LogP contribution in [0.25, 0.3) is 0 Å². The van der Waals surface area contributed by atoms with E-state index in [1.165, 1.54) is 6.33 Å². The van der Waals surface area contributed by atoms with Gasteiger partial charge in [-0.05, 0) is 45.4 Å². The Morgan fingerprint density at radius 2 is 1.77 bits per heavy atom. The molecule has 0 spiro atoms. The van der Waals surface area contributed by atoms with E-state index in [0.29, 0.717) is 35.3 Å². The Balaban J connectivity index is 1.71. The van der Waals surface area contributed by atoms with Crippen molar-refractivity contribution >= 4 is 23.5 Å². The van der Waals surface area contributed by atoms with Crippen LogP contribution in [0.4, 0.5) is 11.6 Å². The summed E-state index contributed by atoms with van der Waals surface area (Å²) in [6.45, 7) is 8.08. The van der Waals surface area contributed by atoms with Gasteiger partial charge >= 0.3 is 5.97 Å². The summed E-state index contributed by atoms with van der Waals surface area (Å²) in [7, 11) is 0. The van der Waals surface area contributed by atoms with Crippen molar-refractivity contribution in [2.75, 3.05) is 30.0 Å². The normalized spacial score (nSPS) is 15.0. The Morgan fingerprint density at radius 3 is 2.49 bits per heavy atom. The molecule has 0 bridgehead atoms. The van der Waals surface area contributed by atoms with Crippen molar-refractivity contribution in [1.82, 2.24) is 14.8 Å². The molecule has 1 aliphatic heterocycles. The van der Waals surface area contributed by atoms with Crippen LogP contribution in [0.5, 0.6) is 5.75 Å². The molecule has 182 valence electrons. The van der Waals surface area contributed by atoms with Gasteiger partial charge in [-0.2, -0.15) is 10.1 Å². The summed E-state index contributed by atoms with van der Waals surface area (Å²) >= 11 is 0. The molecule has 1 amide bonds. The molecule has 0 saturated carbocycles. The van der Waals surface area contributed by atoms with Gasteiger partial charge in [-0.25, -0.2) is 9.48 Å². The molecule has 1 aromatic heterocycles. The summed E-state index contributed by atoms with van der Waals surface area (Å²) in [5, 5.41) is 7.32. The van der Waals surface area contributed by atoms with Gasteiger partial charge in [0.1, 0.15) is 24.7 Å². The molecule has 35 heavy (non-hydrogen) atoms. The van der Waals surface area contributed by atoms with Crippen LogP contribution in [0.15, 0.2) is 66.1 Å². The SMILES string of the molecule is CCOC(=O)C1=C(C)N(CC(=O)Nc2ccccc2OCC)c2ncnn2[C@@H]1c1ccc(C)cc1. The van der Waals surface area contributed by atoms with Gasteiger partial charge in [0.25, 0.3) is 0 Å². The second-order valence-electron chi connectivity index (χ2n) is 8.10. The number of benzene rings is 2. The van der Waals surface area contributed by atoms with E-state index in [0.717, 1.165) is 11.1 Å². The smallest absolute Gasteiger partial charge is 0.338 e. The first-order chi connectivity index (χ1) is 16.9. The Hall–Kier alpha value is -4.14. The minimum absolute atomic E-state index is 0.0749. The molecule has 9 nitrogen and oxygen atoms in total. The van der Waals surface area contributed by atoms with Gasteiger partial charge in [-0.15, -0.1) is 0 Å². The molecule has 9 heteroatoms. The highest BCUT2D eigenvalue weighted by atomic mass is 16.5. The fraction of sp³-hybridized carbons (Fsp3) is 0.308. The number of carbonyl (C=O) groups excluding carboxylic acids is 2. The Kier molecular flexibility index (Phi) is 7.14. The van der Waals surface area contributed by atoms with Gasteiger partial charge in [0.15, 0.2) is 0 Å². The molecule has 0 radical (unpaired) electrons. The molecule has 2 aromatic carbocycles. The van der Waals surface area contributed by atoms with E-state index in [4.69, 9.17) is 9.47 Å². The van der Waals surface area contributed by atoms with Gasteiger partial charge in [0.05, 0.1) is 24.5 Å². The van der Waals surface area contributed by atoms with Gasteiger partial charge < -0.3 is 19.7 Å². The number of anilines is 2. The maximum absolute atomic E-state index is 13.1. The lowest BCUT2D eigenvalue weighted by molar-refractivity contribution is -0.139. The number of carbonyl (C=O) groups is 2. The zero-order valence-corrected chi connectivity index (χ0v) is 20.3. The number of hydrogen-bond donors (Lipinski definition) is 1. The van der Waals surface area contributed by atoms with Crippen LogP contribution >= 0.6 is 0 Å². The fourth-order valence-corrected chi connectivity index (χ4v) is 4.13. The number of rotatable bonds is 8. The summed E-state index contributed by atoms with van der Waals surface area (Å²) in [6.07, 6.45) is 1.42. The minimum Gasteiger partial charge on any atom is -0.492 e. The number of ether oxygens (including phenoxy) is 2. The third kappa shape index (κ3) is 4.89. The van der Waals surface area contributed by atoms with Crippen molar-refractivity contribution in [3.05, 3.63) is 77.3 Å². The van der Waals surface area contributed by atoms with Crippen molar-refractivity contribution in [1.29, 1.82) is 0 Å². The maximum atomic E-state index is 13.1. The average Bonchev–Trinajstić information content (AvgIpc) is 3.32. The third-order valence-electron chi connectivity index (χ3n) is 5.76. The standard InChI is InChI=1S/C26H29N5O4/c1-5-34-21-10-8-7-9-20(21)29-22(32)15-30-18(4)23(25(33)35-6-2)24(31-26(30)27-16-28-31)19-13-11-17(3)12-14-19/h7-14,16,24H,5-6,15H2,1-4H3,(H,29,32)/t24-/m1/s1. The predicted octanol–water partition coefficient (Wildman–Crippen LogP) is 3.87. The van der Waals surface area contributed by atoms with Gasteiger partial charge in [-0.1, -0.05) is 42.0 Å². The lowest BCUT2D eigenvalue weighted by Gasteiger charge is -2.35. The molecule has 4 rings (SSSR count). The summed E-state index contributed by atoms with van der Waals surface area (Å²) < 4.78 is 12.7. The number of nitrogens with zero attached hydrogens (tertiary/aromatic N) is 4. The number of esters is 1. The summed E-state index contributed by atoms with van der Waals surface area (Å²) in [6, 6.07) is 14.6. The summed E-state index contributed by atoms with van der Waals surface area (Å²) in [4.78, 5) is 32.3. The fourth-order valence-electron chi connectivity index (χ4n) is 4.13. The molecule has 1 aliphatic rings. The molecule has 2 heterocycles. The van der Waals surface area contributed by atoms with E-state index in [9.17, 15) is 9.59 Å². The molecule has 0 saturated heterocycles. The number of para-hydroxylation sites is 2. The topological polar surface area (TPSA) is 98.6 Å². The molecule has 0 unspecified atom stereocenters.